The third-order valence-electron chi connectivity index (χ3n) is 3.35. The van der Waals surface area contributed by atoms with Gasteiger partial charge in [0.2, 0.25) is 11.7 Å². The lowest BCUT2D eigenvalue weighted by Crippen LogP contribution is -2.00. The van der Waals surface area contributed by atoms with Gasteiger partial charge in [-0.25, -0.2) is 4.98 Å². The van der Waals surface area contributed by atoms with Crippen LogP contribution in [0.3, 0.4) is 0 Å². The highest BCUT2D eigenvalue weighted by Crippen LogP contribution is 2.35. The molecule has 0 spiro atoms. The molecule has 0 fully saturated rings. The van der Waals surface area contributed by atoms with Crippen LogP contribution in [0.1, 0.15) is 19.8 Å². The van der Waals surface area contributed by atoms with Crippen LogP contribution in [-0.4, -0.2) is 21.7 Å². The fourth-order valence-electron chi connectivity index (χ4n) is 2.13. The minimum Gasteiger partial charge on any atom is -0.477 e. The van der Waals surface area contributed by atoms with E-state index < -0.39 is 0 Å². The van der Waals surface area contributed by atoms with Crippen molar-refractivity contribution < 1.29 is 9.26 Å². The van der Waals surface area contributed by atoms with E-state index in [0.29, 0.717) is 45.4 Å². The van der Waals surface area contributed by atoms with Crippen LogP contribution in [0.5, 0.6) is 5.88 Å². The molecule has 5 nitrogen and oxygen atoms in total. The summed E-state index contributed by atoms with van der Waals surface area (Å²) in [6.45, 7) is 2.68. The third kappa shape index (κ3) is 3.52. The average molecular weight is 364 g/mol. The standard InChI is InChI=1S/C17H15Cl2N3O2/c1-2-3-10-23-16-11(6-5-9-20-16)17-21-15(22-24-17)14-12(18)7-4-8-13(14)19/h4-9H,2-3,10H2,1H3. The molecule has 1 aromatic carbocycles. The first-order chi connectivity index (χ1) is 11.7. The first-order valence-corrected chi connectivity index (χ1v) is 8.32. The summed E-state index contributed by atoms with van der Waals surface area (Å²) < 4.78 is 11.1. The zero-order valence-corrected chi connectivity index (χ0v) is 14.5. The topological polar surface area (TPSA) is 61.0 Å². The van der Waals surface area contributed by atoms with E-state index in [4.69, 9.17) is 32.5 Å². The van der Waals surface area contributed by atoms with Crippen LogP contribution in [0.2, 0.25) is 10.0 Å². The maximum absolute atomic E-state index is 6.19. The number of ether oxygens (including phenoxy) is 1. The van der Waals surface area contributed by atoms with E-state index >= 15 is 0 Å². The van der Waals surface area contributed by atoms with Crippen LogP contribution in [0.25, 0.3) is 22.8 Å². The normalized spacial score (nSPS) is 10.8. The van der Waals surface area contributed by atoms with Gasteiger partial charge in [0, 0.05) is 6.20 Å². The zero-order chi connectivity index (χ0) is 16.9. The molecular formula is C17H15Cl2N3O2. The second kappa shape index (κ2) is 7.64. The van der Waals surface area contributed by atoms with E-state index in [0.717, 1.165) is 12.8 Å². The highest BCUT2D eigenvalue weighted by atomic mass is 35.5. The molecule has 7 heteroatoms. The van der Waals surface area contributed by atoms with Crippen molar-refractivity contribution in [1.29, 1.82) is 0 Å². The van der Waals surface area contributed by atoms with Gasteiger partial charge in [-0.15, -0.1) is 0 Å². The molecule has 0 bridgehead atoms. The van der Waals surface area contributed by atoms with Gasteiger partial charge in [0.15, 0.2) is 0 Å². The zero-order valence-electron chi connectivity index (χ0n) is 13.0. The summed E-state index contributed by atoms with van der Waals surface area (Å²) in [6, 6.07) is 8.81. The number of pyridine rings is 1. The Hall–Kier alpha value is -2.11. The summed E-state index contributed by atoms with van der Waals surface area (Å²) in [6.07, 6.45) is 3.64. The molecule has 3 aromatic rings. The van der Waals surface area contributed by atoms with Crippen molar-refractivity contribution in [3.63, 3.8) is 0 Å². The summed E-state index contributed by atoms with van der Waals surface area (Å²) in [5.74, 6) is 1.09. The lowest BCUT2D eigenvalue weighted by molar-refractivity contribution is 0.297. The number of nitrogens with zero attached hydrogens (tertiary/aromatic N) is 3. The lowest BCUT2D eigenvalue weighted by Gasteiger charge is -2.06. The Morgan fingerprint density at radius 2 is 1.92 bits per heavy atom. The van der Waals surface area contributed by atoms with Crippen molar-refractivity contribution >= 4 is 23.2 Å². The quantitative estimate of drug-likeness (QED) is 0.557. The summed E-state index contributed by atoms with van der Waals surface area (Å²) in [7, 11) is 0. The Bertz CT molecular complexity index is 816. The summed E-state index contributed by atoms with van der Waals surface area (Å²) >= 11 is 12.4. The molecule has 0 saturated carbocycles. The monoisotopic (exact) mass is 363 g/mol. The molecule has 0 unspecified atom stereocenters. The van der Waals surface area contributed by atoms with Crippen molar-refractivity contribution in [1.82, 2.24) is 15.1 Å². The van der Waals surface area contributed by atoms with Crippen LogP contribution in [0, 0.1) is 0 Å². The predicted molar refractivity (Wildman–Crippen MR) is 93.4 cm³/mol. The fraction of sp³-hybridized carbons (Fsp3) is 0.235. The molecule has 0 atom stereocenters. The molecule has 2 aromatic heterocycles. The number of hydrogen-bond acceptors (Lipinski definition) is 5. The van der Waals surface area contributed by atoms with Gasteiger partial charge in [0.05, 0.1) is 22.2 Å². The van der Waals surface area contributed by atoms with E-state index in [9.17, 15) is 0 Å². The SMILES string of the molecule is CCCCOc1ncccc1-c1nc(-c2c(Cl)cccc2Cl)no1. The van der Waals surface area contributed by atoms with E-state index in [1.54, 1.807) is 30.5 Å². The van der Waals surface area contributed by atoms with Gasteiger partial charge < -0.3 is 9.26 Å². The molecule has 0 aliphatic rings. The van der Waals surface area contributed by atoms with Gasteiger partial charge in [0.1, 0.15) is 5.56 Å². The molecule has 0 aliphatic heterocycles. The summed E-state index contributed by atoms with van der Waals surface area (Å²) in [5.41, 5.74) is 1.17. The number of hydrogen-bond donors (Lipinski definition) is 0. The predicted octanol–water partition coefficient (Wildman–Crippen LogP) is 5.28. The second-order valence-corrected chi connectivity index (χ2v) is 5.89. The number of unbranched alkanes of at least 4 members (excludes halogenated alkanes) is 1. The number of halogens is 2. The Morgan fingerprint density at radius 1 is 1.12 bits per heavy atom. The number of benzene rings is 1. The molecule has 124 valence electrons. The Balaban J connectivity index is 1.94. The van der Waals surface area contributed by atoms with E-state index in [1.165, 1.54) is 0 Å². The lowest BCUT2D eigenvalue weighted by atomic mass is 10.2. The number of rotatable bonds is 6. The highest BCUT2D eigenvalue weighted by molar-refractivity contribution is 6.38. The molecule has 0 amide bonds. The van der Waals surface area contributed by atoms with Crippen molar-refractivity contribution in [2.75, 3.05) is 6.61 Å². The maximum Gasteiger partial charge on any atom is 0.263 e. The smallest absolute Gasteiger partial charge is 0.263 e. The molecule has 0 saturated heterocycles. The second-order valence-electron chi connectivity index (χ2n) is 5.08. The van der Waals surface area contributed by atoms with Crippen LogP contribution in [0.15, 0.2) is 41.1 Å². The number of aromatic nitrogens is 3. The van der Waals surface area contributed by atoms with E-state index in [2.05, 4.69) is 22.0 Å². The van der Waals surface area contributed by atoms with Gasteiger partial charge in [-0.05, 0) is 30.7 Å². The average Bonchev–Trinajstić information content (AvgIpc) is 3.05. The molecule has 3 rings (SSSR count). The van der Waals surface area contributed by atoms with Crippen LogP contribution in [0.4, 0.5) is 0 Å². The fourth-order valence-corrected chi connectivity index (χ4v) is 2.69. The van der Waals surface area contributed by atoms with Crippen molar-refractivity contribution in [2.24, 2.45) is 0 Å². The molecule has 2 heterocycles. The van der Waals surface area contributed by atoms with Gasteiger partial charge in [-0.1, -0.05) is 47.8 Å². The van der Waals surface area contributed by atoms with Gasteiger partial charge in [-0.3, -0.25) is 0 Å². The maximum atomic E-state index is 6.19. The van der Waals surface area contributed by atoms with E-state index in [1.807, 2.05) is 6.07 Å². The van der Waals surface area contributed by atoms with Crippen LogP contribution < -0.4 is 4.74 Å². The van der Waals surface area contributed by atoms with Crippen LogP contribution >= 0.6 is 23.2 Å². The highest BCUT2D eigenvalue weighted by Gasteiger charge is 2.19. The molecule has 0 aliphatic carbocycles. The molecule has 0 N–H and O–H groups in total. The largest absolute Gasteiger partial charge is 0.477 e. The van der Waals surface area contributed by atoms with Gasteiger partial charge in [0.25, 0.3) is 5.89 Å². The minimum atomic E-state index is 0.306. The van der Waals surface area contributed by atoms with E-state index in [-0.39, 0.29) is 0 Å². The van der Waals surface area contributed by atoms with Crippen LogP contribution in [-0.2, 0) is 0 Å². The Labute approximate surface area is 149 Å². The third-order valence-corrected chi connectivity index (χ3v) is 3.98. The minimum absolute atomic E-state index is 0.306. The summed E-state index contributed by atoms with van der Waals surface area (Å²) in [5, 5.41) is 4.90. The molecular weight excluding hydrogens is 349 g/mol. The Kier molecular flexibility index (Phi) is 5.33. The van der Waals surface area contributed by atoms with Crippen molar-refractivity contribution in [2.45, 2.75) is 19.8 Å². The summed E-state index contributed by atoms with van der Waals surface area (Å²) in [4.78, 5) is 8.64. The van der Waals surface area contributed by atoms with Gasteiger partial charge in [-0.2, -0.15) is 4.98 Å². The van der Waals surface area contributed by atoms with Crippen molar-refractivity contribution in [3.05, 3.63) is 46.6 Å². The van der Waals surface area contributed by atoms with Gasteiger partial charge >= 0.3 is 0 Å². The first kappa shape index (κ1) is 16.7. The van der Waals surface area contributed by atoms with Crippen molar-refractivity contribution in [3.8, 4) is 28.7 Å². The molecule has 0 radical (unpaired) electrons. The Morgan fingerprint density at radius 3 is 2.67 bits per heavy atom. The molecule has 24 heavy (non-hydrogen) atoms. The first-order valence-electron chi connectivity index (χ1n) is 7.57.